The highest BCUT2D eigenvalue weighted by atomic mass is 19.4. The number of hydrogen-bond acceptors (Lipinski definition) is 3. The van der Waals surface area contributed by atoms with Crippen molar-refractivity contribution in [1.82, 2.24) is 10.2 Å². The molecule has 84 valence electrons. The van der Waals surface area contributed by atoms with Crippen molar-refractivity contribution < 1.29 is 27.6 Å². The first-order valence-electron chi connectivity index (χ1n) is 3.88. The van der Waals surface area contributed by atoms with E-state index in [9.17, 15) is 27.6 Å². The molecule has 0 spiro atoms. The molecule has 0 aromatic rings. The van der Waals surface area contributed by atoms with Gasteiger partial charge in [-0.1, -0.05) is 0 Å². The summed E-state index contributed by atoms with van der Waals surface area (Å²) >= 11 is 0. The van der Waals surface area contributed by atoms with E-state index in [-0.39, 0.29) is 11.2 Å². The molecule has 1 aliphatic heterocycles. The normalized spacial score (nSPS) is 26.8. The Kier molecular flexibility index (Phi) is 2.46. The minimum absolute atomic E-state index is 0.180. The summed E-state index contributed by atoms with van der Waals surface area (Å²) in [6.45, 7) is -0.131. The van der Waals surface area contributed by atoms with Gasteiger partial charge in [-0.25, -0.2) is 4.79 Å². The quantitative estimate of drug-likeness (QED) is 0.532. The van der Waals surface area contributed by atoms with Crippen LogP contribution in [0.2, 0.25) is 0 Å². The standard InChI is InChI=1S/C7H7F3N2O3/c1-6(7(8,9)10)4(14)12(2-3-13)5(15)11-6/h3H,2H2,1H3,(H,11,15). The largest absolute Gasteiger partial charge is 0.420 e. The molecule has 1 aliphatic rings. The van der Waals surface area contributed by atoms with Crippen molar-refractivity contribution in [2.24, 2.45) is 0 Å². The van der Waals surface area contributed by atoms with Crippen LogP contribution in [-0.4, -0.2) is 41.4 Å². The third-order valence-corrected chi connectivity index (χ3v) is 2.10. The topological polar surface area (TPSA) is 66.5 Å². The third kappa shape index (κ3) is 1.55. The zero-order valence-electron chi connectivity index (χ0n) is 7.59. The van der Waals surface area contributed by atoms with Gasteiger partial charge in [-0.05, 0) is 6.92 Å². The molecule has 0 aromatic heterocycles. The number of alkyl halides is 3. The molecule has 1 heterocycles. The number of amides is 3. The number of carbonyl (C=O) groups is 3. The molecule has 0 radical (unpaired) electrons. The Morgan fingerprint density at radius 3 is 2.33 bits per heavy atom. The maximum absolute atomic E-state index is 12.4. The van der Waals surface area contributed by atoms with Crippen molar-refractivity contribution in [2.75, 3.05) is 6.54 Å². The van der Waals surface area contributed by atoms with Crippen LogP contribution < -0.4 is 5.32 Å². The van der Waals surface area contributed by atoms with Gasteiger partial charge in [-0.3, -0.25) is 9.69 Å². The van der Waals surface area contributed by atoms with Gasteiger partial charge in [0.1, 0.15) is 6.29 Å². The van der Waals surface area contributed by atoms with E-state index in [1.54, 1.807) is 0 Å². The zero-order valence-corrected chi connectivity index (χ0v) is 7.59. The molecule has 0 aliphatic carbocycles. The van der Waals surface area contributed by atoms with Crippen molar-refractivity contribution >= 4 is 18.2 Å². The van der Waals surface area contributed by atoms with Crippen LogP contribution in [0.4, 0.5) is 18.0 Å². The van der Waals surface area contributed by atoms with Crippen LogP contribution in [0, 0.1) is 0 Å². The fraction of sp³-hybridized carbons (Fsp3) is 0.571. The predicted molar refractivity (Wildman–Crippen MR) is 40.8 cm³/mol. The van der Waals surface area contributed by atoms with Crippen LogP contribution in [-0.2, 0) is 9.59 Å². The monoisotopic (exact) mass is 224 g/mol. The fourth-order valence-electron chi connectivity index (χ4n) is 1.13. The molecule has 1 N–H and O–H groups in total. The van der Waals surface area contributed by atoms with Crippen LogP contribution >= 0.6 is 0 Å². The Balaban J connectivity index is 3.05. The first kappa shape index (κ1) is 11.5. The van der Waals surface area contributed by atoms with Gasteiger partial charge >= 0.3 is 12.2 Å². The highest BCUT2D eigenvalue weighted by molar-refractivity contribution is 6.08. The number of urea groups is 1. The van der Waals surface area contributed by atoms with Crippen LogP contribution in [0.15, 0.2) is 0 Å². The Hall–Kier alpha value is -1.60. The van der Waals surface area contributed by atoms with Crippen LogP contribution in [0.5, 0.6) is 0 Å². The van der Waals surface area contributed by atoms with Crippen LogP contribution in [0.3, 0.4) is 0 Å². The Bertz CT molecular complexity index is 328. The first-order chi connectivity index (χ1) is 6.74. The molecule has 15 heavy (non-hydrogen) atoms. The van der Waals surface area contributed by atoms with Gasteiger partial charge in [0, 0.05) is 0 Å². The highest BCUT2D eigenvalue weighted by Crippen LogP contribution is 2.34. The van der Waals surface area contributed by atoms with E-state index in [0.717, 1.165) is 0 Å². The number of nitrogens with zero attached hydrogens (tertiary/aromatic N) is 1. The van der Waals surface area contributed by atoms with Gasteiger partial charge in [-0.2, -0.15) is 13.2 Å². The van der Waals surface area contributed by atoms with E-state index in [2.05, 4.69) is 0 Å². The fourth-order valence-corrected chi connectivity index (χ4v) is 1.13. The van der Waals surface area contributed by atoms with E-state index in [4.69, 9.17) is 0 Å². The number of nitrogens with one attached hydrogen (secondary N) is 1. The van der Waals surface area contributed by atoms with Gasteiger partial charge in [0.25, 0.3) is 5.91 Å². The van der Waals surface area contributed by atoms with Gasteiger partial charge < -0.3 is 10.1 Å². The Labute approximate surface area is 82.2 Å². The minimum Gasteiger partial charge on any atom is -0.316 e. The van der Waals surface area contributed by atoms with Crippen LogP contribution in [0.25, 0.3) is 0 Å². The highest BCUT2D eigenvalue weighted by Gasteiger charge is 2.64. The summed E-state index contributed by atoms with van der Waals surface area (Å²) in [5, 5.41) is 1.51. The van der Waals surface area contributed by atoms with E-state index >= 15 is 0 Å². The average Bonchev–Trinajstić information content (AvgIpc) is 2.29. The summed E-state index contributed by atoms with van der Waals surface area (Å²) in [6, 6.07) is -1.22. The minimum atomic E-state index is -4.89. The van der Waals surface area contributed by atoms with Crippen molar-refractivity contribution in [1.29, 1.82) is 0 Å². The van der Waals surface area contributed by atoms with Crippen molar-refractivity contribution in [3.63, 3.8) is 0 Å². The molecule has 1 atom stereocenters. The summed E-state index contributed by atoms with van der Waals surface area (Å²) in [6.07, 6.45) is -4.71. The Morgan fingerprint density at radius 2 is 2.00 bits per heavy atom. The average molecular weight is 224 g/mol. The second kappa shape index (κ2) is 3.21. The second-order valence-corrected chi connectivity index (χ2v) is 3.14. The smallest absolute Gasteiger partial charge is 0.316 e. The lowest BCUT2D eigenvalue weighted by atomic mass is 10.0. The zero-order chi connectivity index (χ0) is 11.9. The summed E-state index contributed by atoms with van der Waals surface area (Å²) in [7, 11) is 0. The predicted octanol–water partition coefficient (Wildman–Crippen LogP) is 0.0581. The van der Waals surface area contributed by atoms with E-state index < -0.39 is 30.2 Å². The van der Waals surface area contributed by atoms with E-state index in [1.165, 1.54) is 5.32 Å². The lowest BCUT2D eigenvalue weighted by molar-refractivity contribution is -0.191. The molecule has 8 heteroatoms. The van der Waals surface area contributed by atoms with Gasteiger partial charge in [-0.15, -0.1) is 0 Å². The Morgan fingerprint density at radius 1 is 1.47 bits per heavy atom. The summed E-state index contributed by atoms with van der Waals surface area (Å²) in [4.78, 5) is 32.5. The van der Waals surface area contributed by atoms with Gasteiger partial charge in [0.15, 0.2) is 0 Å². The number of carbonyl (C=O) groups excluding carboxylic acids is 3. The van der Waals surface area contributed by atoms with Crippen molar-refractivity contribution in [3.8, 4) is 0 Å². The molecule has 1 saturated heterocycles. The van der Waals surface area contributed by atoms with E-state index in [1.807, 2.05) is 0 Å². The molecule has 3 amide bonds. The maximum Gasteiger partial charge on any atom is 0.420 e. The molecular weight excluding hydrogens is 217 g/mol. The molecular formula is C7H7F3N2O3. The molecule has 5 nitrogen and oxygen atoms in total. The molecule has 0 bridgehead atoms. The maximum atomic E-state index is 12.4. The van der Waals surface area contributed by atoms with E-state index in [0.29, 0.717) is 6.92 Å². The van der Waals surface area contributed by atoms with Crippen molar-refractivity contribution in [3.05, 3.63) is 0 Å². The SMILES string of the molecule is CC1(C(F)(F)F)NC(=O)N(CC=O)C1=O. The molecule has 1 unspecified atom stereocenters. The van der Waals surface area contributed by atoms with Gasteiger partial charge in [0.2, 0.25) is 5.54 Å². The molecule has 1 fully saturated rings. The van der Waals surface area contributed by atoms with Gasteiger partial charge in [0.05, 0.1) is 6.54 Å². The lowest BCUT2D eigenvalue weighted by Gasteiger charge is -2.24. The number of halogens is 3. The first-order valence-corrected chi connectivity index (χ1v) is 3.88. The molecule has 0 aromatic carbocycles. The summed E-state index contributed by atoms with van der Waals surface area (Å²) in [5.41, 5.74) is -2.94. The molecule has 1 rings (SSSR count). The number of imide groups is 1. The molecule has 0 saturated carbocycles. The summed E-state index contributed by atoms with van der Waals surface area (Å²) in [5.74, 6) is -1.47. The van der Waals surface area contributed by atoms with Crippen molar-refractivity contribution in [2.45, 2.75) is 18.6 Å². The number of hydrogen-bond donors (Lipinski definition) is 1. The number of rotatable bonds is 2. The van der Waals surface area contributed by atoms with Crippen LogP contribution in [0.1, 0.15) is 6.92 Å². The lowest BCUT2D eigenvalue weighted by Crippen LogP contribution is -2.56. The third-order valence-electron chi connectivity index (χ3n) is 2.10. The summed E-state index contributed by atoms with van der Waals surface area (Å²) < 4.78 is 37.3. The number of aldehydes is 1. The second-order valence-electron chi connectivity index (χ2n) is 3.14.